The third kappa shape index (κ3) is 4.58. The lowest BCUT2D eigenvalue weighted by atomic mass is 10.0. The van der Waals surface area contributed by atoms with Gasteiger partial charge in [0, 0.05) is 29.9 Å². The third-order valence-electron chi connectivity index (χ3n) is 3.62. The van der Waals surface area contributed by atoms with Gasteiger partial charge in [-0.25, -0.2) is 0 Å². The molecule has 0 bridgehead atoms. The minimum Gasteiger partial charge on any atom is -0.496 e. The van der Waals surface area contributed by atoms with E-state index in [0.29, 0.717) is 5.92 Å². The highest BCUT2D eigenvalue weighted by molar-refractivity contribution is 9.09. The molecule has 2 aromatic rings. The van der Waals surface area contributed by atoms with Crippen LogP contribution < -0.4 is 4.74 Å². The number of halogens is 1. The van der Waals surface area contributed by atoms with E-state index in [1.54, 1.807) is 7.11 Å². The van der Waals surface area contributed by atoms with E-state index >= 15 is 0 Å². The zero-order valence-corrected chi connectivity index (χ0v) is 14.2. The first-order chi connectivity index (χ1) is 10.2. The minimum absolute atomic E-state index is 0.492. The van der Waals surface area contributed by atoms with Crippen LogP contribution in [0.5, 0.6) is 5.75 Å². The van der Waals surface area contributed by atoms with Crippen molar-refractivity contribution >= 4 is 15.9 Å². The Labute approximate surface area is 135 Å². The van der Waals surface area contributed by atoms with Crippen molar-refractivity contribution in [2.24, 2.45) is 0 Å². The van der Waals surface area contributed by atoms with Crippen molar-refractivity contribution in [1.82, 2.24) is 4.90 Å². The first kappa shape index (κ1) is 16.1. The van der Waals surface area contributed by atoms with Gasteiger partial charge in [-0.2, -0.15) is 0 Å². The number of alkyl halides is 1. The summed E-state index contributed by atoms with van der Waals surface area (Å²) < 4.78 is 5.43. The lowest BCUT2D eigenvalue weighted by molar-refractivity contribution is 0.304. The van der Waals surface area contributed by atoms with Crippen LogP contribution in [0.15, 0.2) is 54.6 Å². The minimum atomic E-state index is 0.492. The molecule has 0 heterocycles. The van der Waals surface area contributed by atoms with Gasteiger partial charge >= 0.3 is 0 Å². The molecule has 0 aliphatic heterocycles. The molecule has 0 saturated carbocycles. The monoisotopic (exact) mass is 347 g/mol. The van der Waals surface area contributed by atoms with E-state index in [0.717, 1.165) is 24.2 Å². The normalized spacial score (nSPS) is 12.4. The predicted octanol–water partition coefficient (Wildman–Crippen LogP) is 4.31. The van der Waals surface area contributed by atoms with Crippen molar-refractivity contribution in [2.75, 3.05) is 26.0 Å². The number of benzene rings is 2. The Hall–Kier alpha value is -1.32. The van der Waals surface area contributed by atoms with Crippen LogP contribution in [0.4, 0.5) is 0 Å². The highest BCUT2D eigenvalue weighted by Crippen LogP contribution is 2.22. The van der Waals surface area contributed by atoms with Crippen LogP contribution in [-0.2, 0) is 6.54 Å². The van der Waals surface area contributed by atoms with E-state index in [9.17, 15) is 0 Å². The Morgan fingerprint density at radius 3 is 2.38 bits per heavy atom. The van der Waals surface area contributed by atoms with Crippen molar-refractivity contribution in [3.05, 3.63) is 65.7 Å². The molecule has 1 unspecified atom stereocenters. The zero-order valence-electron chi connectivity index (χ0n) is 12.6. The Balaban J connectivity index is 2.01. The van der Waals surface area contributed by atoms with Crippen molar-refractivity contribution in [1.29, 1.82) is 0 Å². The van der Waals surface area contributed by atoms with Gasteiger partial charge in [-0.3, -0.25) is 0 Å². The average Bonchev–Trinajstić information content (AvgIpc) is 2.54. The molecule has 2 aromatic carbocycles. The Kier molecular flexibility index (Phi) is 6.27. The number of methoxy groups -OCH3 is 1. The molecule has 3 heteroatoms. The Morgan fingerprint density at radius 1 is 1.05 bits per heavy atom. The fraction of sp³-hybridized carbons (Fsp3) is 0.333. The fourth-order valence-electron chi connectivity index (χ4n) is 2.53. The zero-order chi connectivity index (χ0) is 15.1. The van der Waals surface area contributed by atoms with E-state index < -0.39 is 0 Å². The summed E-state index contributed by atoms with van der Waals surface area (Å²) in [5, 5.41) is 0.966. The van der Waals surface area contributed by atoms with Crippen molar-refractivity contribution in [3.8, 4) is 5.75 Å². The van der Waals surface area contributed by atoms with Gasteiger partial charge in [0.25, 0.3) is 0 Å². The Bertz CT molecular complexity index is 544. The Morgan fingerprint density at radius 2 is 1.71 bits per heavy atom. The molecule has 0 saturated heterocycles. The van der Waals surface area contributed by atoms with E-state index in [-0.39, 0.29) is 0 Å². The molecule has 0 aliphatic carbocycles. The molecule has 2 nitrogen and oxygen atoms in total. The molecule has 1 atom stereocenters. The van der Waals surface area contributed by atoms with E-state index in [1.807, 2.05) is 12.1 Å². The van der Waals surface area contributed by atoms with Gasteiger partial charge in [-0.05, 0) is 18.7 Å². The number of nitrogens with zero attached hydrogens (tertiary/aromatic N) is 1. The van der Waals surface area contributed by atoms with Crippen molar-refractivity contribution < 1.29 is 4.74 Å². The summed E-state index contributed by atoms with van der Waals surface area (Å²) in [6.45, 7) is 1.90. The summed E-state index contributed by atoms with van der Waals surface area (Å²) in [6, 6.07) is 18.9. The number of hydrogen-bond acceptors (Lipinski definition) is 2. The summed E-state index contributed by atoms with van der Waals surface area (Å²) in [5.74, 6) is 1.45. The molecule has 0 aliphatic rings. The first-order valence-corrected chi connectivity index (χ1v) is 8.28. The number of hydrogen-bond donors (Lipinski definition) is 0. The largest absolute Gasteiger partial charge is 0.496 e. The van der Waals surface area contributed by atoms with Gasteiger partial charge in [0.2, 0.25) is 0 Å². The fourth-order valence-corrected chi connectivity index (χ4v) is 3.11. The second-order valence-corrected chi connectivity index (χ2v) is 5.92. The van der Waals surface area contributed by atoms with Crippen LogP contribution >= 0.6 is 15.9 Å². The summed E-state index contributed by atoms with van der Waals surface area (Å²) in [7, 11) is 3.88. The highest BCUT2D eigenvalue weighted by Gasteiger charge is 2.14. The van der Waals surface area contributed by atoms with Crippen molar-refractivity contribution in [2.45, 2.75) is 12.5 Å². The van der Waals surface area contributed by atoms with Gasteiger partial charge in [0.05, 0.1) is 7.11 Å². The van der Waals surface area contributed by atoms with Crippen LogP contribution in [0, 0.1) is 0 Å². The van der Waals surface area contributed by atoms with E-state index in [1.165, 1.54) is 11.1 Å². The summed E-state index contributed by atoms with van der Waals surface area (Å²) in [5.41, 5.74) is 2.60. The molecule has 0 amide bonds. The average molecular weight is 348 g/mol. The second kappa shape index (κ2) is 8.20. The van der Waals surface area contributed by atoms with Gasteiger partial charge in [0.15, 0.2) is 0 Å². The van der Waals surface area contributed by atoms with E-state index in [4.69, 9.17) is 4.74 Å². The maximum atomic E-state index is 5.43. The van der Waals surface area contributed by atoms with Crippen LogP contribution in [0.2, 0.25) is 0 Å². The molecule has 21 heavy (non-hydrogen) atoms. The molecule has 0 fully saturated rings. The summed E-state index contributed by atoms with van der Waals surface area (Å²) in [4.78, 5) is 2.34. The number of para-hydroxylation sites is 1. The molecular weight excluding hydrogens is 326 g/mol. The molecule has 0 spiro atoms. The second-order valence-electron chi connectivity index (χ2n) is 5.27. The number of rotatable bonds is 7. The smallest absolute Gasteiger partial charge is 0.123 e. The van der Waals surface area contributed by atoms with Crippen LogP contribution in [0.1, 0.15) is 17.0 Å². The molecule has 0 N–H and O–H groups in total. The molecule has 0 aromatic heterocycles. The van der Waals surface area contributed by atoms with Crippen LogP contribution in [-0.4, -0.2) is 30.9 Å². The SMILES string of the molecule is COc1ccccc1CN(C)CC(CBr)c1ccccc1. The van der Waals surface area contributed by atoms with Crippen molar-refractivity contribution in [3.63, 3.8) is 0 Å². The summed E-state index contributed by atoms with van der Waals surface area (Å²) in [6.07, 6.45) is 0. The van der Waals surface area contributed by atoms with Crippen LogP contribution in [0.25, 0.3) is 0 Å². The standard InChI is InChI=1S/C18H22BrNO/c1-20(13-16-10-6-7-11-18(16)21-2)14-17(12-19)15-8-4-3-5-9-15/h3-11,17H,12-14H2,1-2H3. The molecule has 2 rings (SSSR count). The molecular formula is C18H22BrNO. The molecule has 0 radical (unpaired) electrons. The van der Waals surface area contributed by atoms with Gasteiger partial charge in [-0.15, -0.1) is 0 Å². The predicted molar refractivity (Wildman–Crippen MR) is 92.3 cm³/mol. The van der Waals surface area contributed by atoms with Gasteiger partial charge in [-0.1, -0.05) is 64.5 Å². The molecule has 112 valence electrons. The van der Waals surface area contributed by atoms with Crippen LogP contribution in [0.3, 0.4) is 0 Å². The first-order valence-electron chi connectivity index (χ1n) is 7.16. The maximum absolute atomic E-state index is 5.43. The van der Waals surface area contributed by atoms with Gasteiger partial charge < -0.3 is 9.64 Å². The highest BCUT2D eigenvalue weighted by atomic mass is 79.9. The van der Waals surface area contributed by atoms with E-state index in [2.05, 4.69) is 70.3 Å². The third-order valence-corrected chi connectivity index (χ3v) is 4.40. The quantitative estimate of drug-likeness (QED) is 0.692. The topological polar surface area (TPSA) is 12.5 Å². The lowest BCUT2D eigenvalue weighted by Crippen LogP contribution is -2.25. The lowest BCUT2D eigenvalue weighted by Gasteiger charge is -2.24. The summed E-state index contributed by atoms with van der Waals surface area (Å²) >= 11 is 3.64. The van der Waals surface area contributed by atoms with Gasteiger partial charge in [0.1, 0.15) is 5.75 Å². The maximum Gasteiger partial charge on any atom is 0.123 e. The number of ether oxygens (including phenoxy) is 1. The number of likely N-dealkylation sites (N-methyl/N-ethyl adjacent to an activating group) is 1.